The molecule has 0 N–H and O–H groups in total. The summed E-state index contributed by atoms with van der Waals surface area (Å²) < 4.78 is 2.47. The summed E-state index contributed by atoms with van der Waals surface area (Å²) in [6, 6.07) is 2.96. The molecular weight excluding hydrogens is 202 g/mol. The summed E-state index contributed by atoms with van der Waals surface area (Å²) in [4.78, 5) is 0. The minimum atomic E-state index is -1.02. The van der Waals surface area contributed by atoms with Crippen LogP contribution in [0.5, 0.6) is 0 Å². The van der Waals surface area contributed by atoms with E-state index in [1.54, 1.807) is 0 Å². The predicted molar refractivity (Wildman–Crippen MR) is 73.4 cm³/mol. The smallest absolute Gasteiger partial charge is 0.121 e. The van der Waals surface area contributed by atoms with Crippen LogP contribution in [-0.2, 0) is 0 Å². The third-order valence-electron chi connectivity index (χ3n) is 3.01. The fourth-order valence-electron chi connectivity index (χ4n) is 1.32. The average molecular weight is 230 g/mol. The molecule has 0 saturated heterocycles. The molecule has 0 aliphatic heterocycles. The molecule has 14 heavy (non-hydrogen) atoms. The van der Waals surface area contributed by atoms with Crippen molar-refractivity contribution in [2.24, 2.45) is 0 Å². The molecule has 84 valence electrons. The highest BCUT2D eigenvalue weighted by atomic mass is 28.3. The van der Waals surface area contributed by atoms with Crippen LogP contribution in [0.4, 0.5) is 0 Å². The van der Waals surface area contributed by atoms with E-state index in [0.717, 1.165) is 0 Å². The number of rotatable bonds is 6. The Labute approximate surface area is 93.5 Å². The van der Waals surface area contributed by atoms with Gasteiger partial charge >= 0.3 is 0 Å². The first-order chi connectivity index (χ1) is 6.36. The number of hydrogen-bond acceptors (Lipinski definition) is 1. The van der Waals surface area contributed by atoms with Crippen LogP contribution < -0.4 is 0 Å². The topological polar surface area (TPSA) is 3.24 Å². The Bertz CT molecular complexity index is 182. The summed E-state index contributed by atoms with van der Waals surface area (Å²) in [5.41, 5.74) is 4.00. The molecule has 0 aromatic rings. The second-order valence-electron chi connectivity index (χ2n) is 5.23. The molecule has 0 aliphatic rings. The van der Waals surface area contributed by atoms with Gasteiger partial charge in [-0.05, 0) is 34.0 Å². The van der Waals surface area contributed by atoms with Crippen LogP contribution >= 0.6 is 0 Å². The van der Waals surface area contributed by atoms with Crippen molar-refractivity contribution in [2.75, 3.05) is 14.1 Å². The van der Waals surface area contributed by atoms with E-state index in [9.17, 15) is 0 Å². The van der Waals surface area contributed by atoms with Crippen molar-refractivity contribution in [1.29, 1.82) is 0 Å². The van der Waals surface area contributed by atoms with Gasteiger partial charge in [-0.15, -0.1) is 5.70 Å². The van der Waals surface area contributed by atoms with Crippen molar-refractivity contribution >= 4 is 17.8 Å². The second-order valence-corrected chi connectivity index (χ2v) is 11.9. The summed E-state index contributed by atoms with van der Waals surface area (Å²) in [6.07, 6.45) is 1.45. The molecule has 1 nitrogen and oxygen atoms in total. The summed E-state index contributed by atoms with van der Waals surface area (Å²) in [5, 5.41) is 0. The Hall–Kier alpha value is 0.134. The lowest BCUT2D eigenvalue weighted by molar-refractivity contribution is 0.614. The normalized spacial score (nSPS) is 12.8. The minimum absolute atomic E-state index is 0.112. The second kappa shape index (κ2) is 6.59. The molecule has 0 aromatic carbocycles. The summed E-state index contributed by atoms with van der Waals surface area (Å²) >= 11 is 0. The van der Waals surface area contributed by atoms with Crippen LogP contribution in [0.2, 0.25) is 25.2 Å². The quantitative estimate of drug-likeness (QED) is 0.500. The maximum atomic E-state index is 2.49. The van der Waals surface area contributed by atoms with Crippen LogP contribution in [-0.4, -0.2) is 36.4 Å². The molecule has 0 aliphatic carbocycles. The molecular formula is C11H27NSi2. The maximum Gasteiger partial charge on any atom is 0.121 e. The van der Waals surface area contributed by atoms with E-state index in [-0.39, 0.29) is 9.52 Å². The van der Waals surface area contributed by atoms with Crippen molar-refractivity contribution in [2.45, 2.75) is 45.5 Å². The molecule has 0 unspecified atom stereocenters. The zero-order valence-electron chi connectivity index (χ0n) is 10.9. The van der Waals surface area contributed by atoms with Crippen LogP contribution in [0, 0.1) is 0 Å². The molecule has 0 spiro atoms. The first-order valence-corrected chi connectivity index (χ1v) is 10.6. The van der Waals surface area contributed by atoms with E-state index >= 15 is 0 Å². The van der Waals surface area contributed by atoms with Crippen LogP contribution in [0.15, 0.2) is 11.3 Å². The molecule has 0 rings (SSSR count). The van der Waals surface area contributed by atoms with Gasteiger partial charge in [0, 0.05) is 9.52 Å². The predicted octanol–water partition coefficient (Wildman–Crippen LogP) is 2.65. The van der Waals surface area contributed by atoms with E-state index < -0.39 is 8.24 Å². The van der Waals surface area contributed by atoms with E-state index in [2.05, 4.69) is 51.3 Å². The molecule has 0 saturated carbocycles. The molecule has 0 aromatic heterocycles. The highest BCUT2D eigenvalue weighted by molar-refractivity contribution is 6.74. The molecule has 3 heteroatoms. The first kappa shape index (κ1) is 14.1. The van der Waals surface area contributed by atoms with Crippen LogP contribution in [0.3, 0.4) is 0 Å². The Kier molecular flexibility index (Phi) is 6.65. The van der Waals surface area contributed by atoms with Crippen molar-refractivity contribution in [3.63, 3.8) is 0 Å². The van der Waals surface area contributed by atoms with Crippen molar-refractivity contribution < 1.29 is 0 Å². The minimum Gasteiger partial charge on any atom is -0.329 e. The van der Waals surface area contributed by atoms with Gasteiger partial charge in [-0.25, -0.2) is 0 Å². The monoisotopic (exact) mass is 229 g/mol. The third-order valence-corrected chi connectivity index (χ3v) is 9.02. The molecule has 0 amide bonds. The zero-order valence-corrected chi connectivity index (χ0v) is 13.3. The third kappa shape index (κ3) is 6.57. The zero-order chi connectivity index (χ0) is 11.2. The average Bonchev–Trinajstić information content (AvgIpc) is 2.02. The summed E-state index contributed by atoms with van der Waals surface area (Å²) in [6.45, 7) is 9.36. The van der Waals surface area contributed by atoms with E-state index in [0.29, 0.717) is 0 Å². The van der Waals surface area contributed by atoms with E-state index in [1.807, 2.05) is 0 Å². The fraction of sp³-hybridized carbons (Fsp3) is 0.818. The lowest BCUT2D eigenvalue weighted by Gasteiger charge is -2.30. The Morgan fingerprint density at radius 1 is 1.29 bits per heavy atom. The molecule has 0 atom stereocenters. The van der Waals surface area contributed by atoms with Gasteiger partial charge in [0.1, 0.15) is 8.24 Å². The van der Waals surface area contributed by atoms with Gasteiger partial charge in [0.05, 0.1) is 0 Å². The van der Waals surface area contributed by atoms with Gasteiger partial charge < -0.3 is 4.57 Å². The van der Waals surface area contributed by atoms with Crippen molar-refractivity contribution in [3.8, 4) is 0 Å². The lowest BCUT2D eigenvalue weighted by atomic mass is 10.4. The van der Waals surface area contributed by atoms with E-state index in [1.165, 1.54) is 24.1 Å². The largest absolute Gasteiger partial charge is 0.329 e. The SMILES string of the molecule is CC(C)=C[SiH2]CCC[Si](C)(C)N(C)C. The highest BCUT2D eigenvalue weighted by Gasteiger charge is 2.22. The molecule has 0 fully saturated rings. The van der Waals surface area contributed by atoms with Gasteiger partial charge in [-0.3, -0.25) is 0 Å². The highest BCUT2D eigenvalue weighted by Crippen LogP contribution is 2.15. The summed E-state index contributed by atoms with van der Waals surface area (Å²) in [5.74, 6) is 0. The first-order valence-electron chi connectivity index (χ1n) is 5.67. The van der Waals surface area contributed by atoms with Gasteiger partial charge in [-0.2, -0.15) is 0 Å². The number of allylic oxidation sites excluding steroid dienone is 1. The Morgan fingerprint density at radius 2 is 1.86 bits per heavy atom. The van der Waals surface area contributed by atoms with Gasteiger partial charge in [0.2, 0.25) is 0 Å². The Balaban J connectivity index is 3.59. The molecule has 0 bridgehead atoms. The van der Waals surface area contributed by atoms with Gasteiger partial charge in [-0.1, -0.05) is 31.1 Å². The van der Waals surface area contributed by atoms with Gasteiger partial charge in [0.15, 0.2) is 0 Å². The maximum absolute atomic E-state index is 2.49. The standard InChI is InChI=1S/C11H27NSi2/c1-11(2)10-13-8-7-9-14(5,6)12(3)4/h10H,7-9,13H2,1-6H3. The van der Waals surface area contributed by atoms with Crippen LogP contribution in [0.25, 0.3) is 0 Å². The van der Waals surface area contributed by atoms with Gasteiger partial charge in [0.25, 0.3) is 0 Å². The van der Waals surface area contributed by atoms with E-state index in [4.69, 9.17) is 0 Å². The lowest BCUT2D eigenvalue weighted by Crippen LogP contribution is -2.43. The number of nitrogens with zero attached hydrogens (tertiary/aromatic N) is 1. The molecule has 0 heterocycles. The van der Waals surface area contributed by atoms with Crippen molar-refractivity contribution in [1.82, 2.24) is 4.57 Å². The summed E-state index contributed by atoms with van der Waals surface area (Å²) in [7, 11) is 3.56. The van der Waals surface area contributed by atoms with Crippen LogP contribution in [0.1, 0.15) is 20.3 Å². The van der Waals surface area contributed by atoms with Crippen molar-refractivity contribution in [3.05, 3.63) is 11.3 Å². The Morgan fingerprint density at radius 3 is 2.29 bits per heavy atom. The molecule has 0 radical (unpaired) electrons. The number of hydrogen-bond donors (Lipinski definition) is 0. The fourth-order valence-corrected chi connectivity index (χ4v) is 4.70.